The Kier molecular flexibility index (Phi) is 3.94. The van der Waals surface area contributed by atoms with E-state index in [-0.39, 0.29) is 28.8 Å². The van der Waals surface area contributed by atoms with E-state index in [1.54, 1.807) is 0 Å². The Morgan fingerprint density at radius 1 is 1.21 bits per heavy atom. The number of carbonyl (C=O) groups is 1. The molecule has 4 nitrogen and oxygen atoms in total. The van der Waals surface area contributed by atoms with E-state index in [0.29, 0.717) is 6.42 Å². The molecule has 0 aromatic carbocycles. The molecular formula is C15H29N3O. The van der Waals surface area contributed by atoms with Crippen molar-refractivity contribution in [2.45, 2.75) is 59.0 Å². The lowest BCUT2D eigenvalue weighted by Crippen LogP contribution is -2.76. The van der Waals surface area contributed by atoms with Crippen molar-refractivity contribution in [3.8, 4) is 0 Å². The maximum absolute atomic E-state index is 12.1. The smallest absolute Gasteiger partial charge is 0.221 e. The first-order chi connectivity index (χ1) is 8.76. The van der Waals surface area contributed by atoms with Crippen LogP contribution in [0.3, 0.4) is 0 Å². The predicted molar refractivity (Wildman–Crippen MR) is 77.8 cm³/mol. The summed E-state index contributed by atoms with van der Waals surface area (Å²) < 4.78 is 0. The number of carbonyl (C=O) groups excluding carboxylic acids is 1. The minimum atomic E-state index is -0.00714. The summed E-state index contributed by atoms with van der Waals surface area (Å²) in [6, 6.07) is 0.324. The second-order valence-corrected chi connectivity index (χ2v) is 7.42. The summed E-state index contributed by atoms with van der Waals surface area (Å²) >= 11 is 0. The van der Waals surface area contributed by atoms with Crippen LogP contribution in [-0.4, -0.2) is 42.5 Å². The normalized spacial score (nSPS) is 32.9. The van der Waals surface area contributed by atoms with E-state index in [1.807, 2.05) is 0 Å². The summed E-state index contributed by atoms with van der Waals surface area (Å²) in [7, 11) is 0. The van der Waals surface area contributed by atoms with Crippen molar-refractivity contribution in [3.63, 3.8) is 0 Å². The number of rotatable bonds is 4. The van der Waals surface area contributed by atoms with Crippen LogP contribution in [0.25, 0.3) is 0 Å². The molecule has 2 aliphatic rings. The first kappa shape index (κ1) is 14.8. The van der Waals surface area contributed by atoms with E-state index >= 15 is 0 Å². The minimum Gasteiger partial charge on any atom is -0.352 e. The van der Waals surface area contributed by atoms with Gasteiger partial charge < -0.3 is 16.0 Å². The first-order valence-corrected chi connectivity index (χ1v) is 7.53. The van der Waals surface area contributed by atoms with Crippen LogP contribution in [0.4, 0.5) is 0 Å². The molecule has 2 rings (SSSR count). The van der Waals surface area contributed by atoms with Crippen molar-refractivity contribution in [1.82, 2.24) is 10.2 Å². The maximum Gasteiger partial charge on any atom is 0.221 e. The summed E-state index contributed by atoms with van der Waals surface area (Å²) in [4.78, 5) is 14.5. The minimum absolute atomic E-state index is 0.00714. The third-order valence-electron chi connectivity index (χ3n) is 5.25. The average molecular weight is 267 g/mol. The maximum atomic E-state index is 12.1. The zero-order valence-electron chi connectivity index (χ0n) is 12.8. The molecule has 0 bridgehead atoms. The van der Waals surface area contributed by atoms with E-state index < -0.39 is 0 Å². The number of hydrogen-bond acceptors (Lipinski definition) is 3. The van der Waals surface area contributed by atoms with Gasteiger partial charge in [-0.3, -0.25) is 4.79 Å². The molecule has 1 amide bonds. The summed E-state index contributed by atoms with van der Waals surface area (Å²) in [5, 5.41) is 3.21. The Labute approximate surface area is 117 Å². The Hall–Kier alpha value is -0.610. The molecule has 1 saturated carbocycles. The average Bonchev–Trinajstić information content (AvgIpc) is 2.85. The van der Waals surface area contributed by atoms with E-state index in [0.717, 1.165) is 19.6 Å². The highest BCUT2D eigenvalue weighted by atomic mass is 16.1. The van der Waals surface area contributed by atoms with Gasteiger partial charge in [-0.25, -0.2) is 0 Å². The van der Waals surface area contributed by atoms with Crippen LogP contribution in [0.1, 0.15) is 47.0 Å². The largest absolute Gasteiger partial charge is 0.352 e. The highest BCUT2D eigenvalue weighted by Crippen LogP contribution is 2.52. The van der Waals surface area contributed by atoms with Gasteiger partial charge in [0.05, 0.1) is 0 Å². The van der Waals surface area contributed by atoms with Gasteiger partial charge in [0.15, 0.2) is 0 Å². The van der Waals surface area contributed by atoms with Crippen molar-refractivity contribution < 1.29 is 4.79 Å². The quantitative estimate of drug-likeness (QED) is 0.808. The van der Waals surface area contributed by atoms with Gasteiger partial charge in [0.25, 0.3) is 0 Å². The lowest BCUT2D eigenvalue weighted by atomic mass is 9.48. The molecular weight excluding hydrogens is 238 g/mol. The van der Waals surface area contributed by atoms with Gasteiger partial charge in [0.1, 0.15) is 0 Å². The van der Waals surface area contributed by atoms with Crippen molar-refractivity contribution in [2.24, 2.45) is 16.6 Å². The van der Waals surface area contributed by atoms with E-state index in [2.05, 4.69) is 37.9 Å². The van der Waals surface area contributed by atoms with Crippen LogP contribution in [0.5, 0.6) is 0 Å². The highest BCUT2D eigenvalue weighted by Gasteiger charge is 2.60. The van der Waals surface area contributed by atoms with E-state index in [4.69, 9.17) is 5.73 Å². The van der Waals surface area contributed by atoms with Gasteiger partial charge in [-0.2, -0.15) is 0 Å². The molecule has 0 aromatic rings. The van der Waals surface area contributed by atoms with Crippen LogP contribution in [0.15, 0.2) is 0 Å². The summed E-state index contributed by atoms with van der Waals surface area (Å²) in [6.07, 6.45) is 3.16. The fourth-order valence-electron chi connectivity index (χ4n) is 4.05. The third-order valence-corrected chi connectivity index (χ3v) is 5.25. The van der Waals surface area contributed by atoms with Gasteiger partial charge in [-0.1, -0.05) is 27.7 Å². The van der Waals surface area contributed by atoms with Crippen molar-refractivity contribution in [1.29, 1.82) is 0 Å². The Balaban J connectivity index is 1.81. The number of nitrogens with zero attached hydrogens (tertiary/aromatic N) is 1. The van der Waals surface area contributed by atoms with Crippen LogP contribution < -0.4 is 11.1 Å². The Bertz CT molecular complexity index is 329. The van der Waals surface area contributed by atoms with Crippen LogP contribution in [-0.2, 0) is 4.79 Å². The number of hydrogen-bond donors (Lipinski definition) is 2. The number of likely N-dealkylation sites (tertiary alicyclic amines) is 1. The molecule has 1 aliphatic carbocycles. The third kappa shape index (κ3) is 2.65. The first-order valence-electron chi connectivity index (χ1n) is 7.53. The predicted octanol–water partition coefficient (Wildman–Crippen LogP) is 1.35. The second kappa shape index (κ2) is 5.06. The molecule has 1 aliphatic heterocycles. The highest BCUT2D eigenvalue weighted by molar-refractivity contribution is 5.77. The van der Waals surface area contributed by atoms with E-state index in [9.17, 15) is 4.79 Å². The zero-order valence-corrected chi connectivity index (χ0v) is 12.8. The number of nitrogens with two attached hydrogens (primary N) is 1. The van der Waals surface area contributed by atoms with Crippen LogP contribution in [0, 0.1) is 10.8 Å². The summed E-state index contributed by atoms with van der Waals surface area (Å²) in [5.41, 5.74) is 6.20. The molecule has 1 saturated heterocycles. The zero-order chi connectivity index (χ0) is 14.3. The number of nitrogens with one attached hydrogen (secondary N) is 1. The van der Waals surface area contributed by atoms with Gasteiger partial charge in [0, 0.05) is 35.9 Å². The standard InChI is InChI=1S/C15H29N3O/c1-14(2)12(16)15(3,4)13(14)17-11(19)7-10-18-8-5-6-9-18/h12-13H,5-10,16H2,1-4H3,(H,17,19). The summed E-state index contributed by atoms with van der Waals surface area (Å²) in [6.45, 7) is 11.8. The Morgan fingerprint density at radius 3 is 2.26 bits per heavy atom. The van der Waals surface area contributed by atoms with E-state index in [1.165, 1.54) is 12.8 Å². The fraction of sp³-hybridized carbons (Fsp3) is 0.933. The van der Waals surface area contributed by atoms with Crippen LogP contribution in [0.2, 0.25) is 0 Å². The lowest BCUT2D eigenvalue weighted by Gasteiger charge is -2.62. The molecule has 3 N–H and O–H groups in total. The van der Waals surface area contributed by atoms with Crippen molar-refractivity contribution in [2.75, 3.05) is 19.6 Å². The molecule has 19 heavy (non-hydrogen) atoms. The van der Waals surface area contributed by atoms with Gasteiger partial charge >= 0.3 is 0 Å². The lowest BCUT2D eigenvalue weighted by molar-refractivity contribution is -0.132. The molecule has 110 valence electrons. The van der Waals surface area contributed by atoms with Gasteiger partial charge in [-0.05, 0) is 25.9 Å². The molecule has 0 unspecified atom stereocenters. The van der Waals surface area contributed by atoms with Crippen LogP contribution >= 0.6 is 0 Å². The summed E-state index contributed by atoms with van der Waals surface area (Å²) in [5.74, 6) is 0.171. The second-order valence-electron chi connectivity index (χ2n) is 7.42. The monoisotopic (exact) mass is 267 g/mol. The SMILES string of the molecule is CC1(C)C(N)C(C)(C)C1NC(=O)CCN1CCCC1. The molecule has 0 aromatic heterocycles. The Morgan fingerprint density at radius 2 is 1.74 bits per heavy atom. The topological polar surface area (TPSA) is 58.4 Å². The van der Waals surface area contributed by atoms with Gasteiger partial charge in [0.2, 0.25) is 5.91 Å². The molecule has 2 fully saturated rings. The molecule has 0 spiro atoms. The van der Waals surface area contributed by atoms with Crippen molar-refractivity contribution >= 4 is 5.91 Å². The number of amides is 1. The molecule has 4 heteroatoms. The fourth-order valence-corrected chi connectivity index (χ4v) is 4.05. The molecule has 0 atom stereocenters. The van der Waals surface area contributed by atoms with Gasteiger partial charge in [-0.15, -0.1) is 0 Å². The molecule has 0 radical (unpaired) electrons. The van der Waals surface area contributed by atoms with Crippen molar-refractivity contribution in [3.05, 3.63) is 0 Å². The molecule has 1 heterocycles.